The summed E-state index contributed by atoms with van der Waals surface area (Å²) in [7, 11) is 0. The predicted molar refractivity (Wildman–Crippen MR) is 59.7 cm³/mol. The molecular weight excluding hydrogens is 192 g/mol. The lowest BCUT2D eigenvalue weighted by atomic mass is 10.1. The molecule has 1 aromatic carbocycles. The van der Waals surface area contributed by atoms with Crippen molar-refractivity contribution >= 4 is 11.6 Å². The van der Waals surface area contributed by atoms with Gasteiger partial charge in [0.15, 0.2) is 0 Å². The van der Waals surface area contributed by atoms with Gasteiger partial charge in [0.2, 0.25) is 0 Å². The number of carbonyl (C=O) groups is 1. The predicted octanol–water partition coefficient (Wildman–Crippen LogP) is 1.36. The van der Waals surface area contributed by atoms with E-state index in [1.165, 1.54) is 12.1 Å². The van der Waals surface area contributed by atoms with Crippen molar-refractivity contribution in [2.24, 2.45) is 5.92 Å². The molecule has 1 rings (SSSR count). The molecule has 0 aliphatic rings. The number of amides is 1. The maximum atomic E-state index is 11.5. The molecule has 15 heavy (non-hydrogen) atoms. The highest BCUT2D eigenvalue weighted by molar-refractivity contribution is 5.95. The third-order valence-electron chi connectivity index (χ3n) is 1.96. The van der Waals surface area contributed by atoms with Gasteiger partial charge in [-0.05, 0) is 24.1 Å². The first-order chi connectivity index (χ1) is 7.00. The van der Waals surface area contributed by atoms with Gasteiger partial charge in [0.1, 0.15) is 5.75 Å². The van der Waals surface area contributed by atoms with Crippen LogP contribution in [-0.4, -0.2) is 17.6 Å². The second kappa shape index (κ2) is 4.68. The highest BCUT2D eigenvalue weighted by atomic mass is 16.3. The molecule has 4 nitrogen and oxygen atoms in total. The normalized spacial score (nSPS) is 10.3. The fourth-order valence-corrected chi connectivity index (χ4v) is 1.08. The first kappa shape index (κ1) is 11.4. The van der Waals surface area contributed by atoms with E-state index < -0.39 is 0 Å². The van der Waals surface area contributed by atoms with Crippen LogP contribution in [0.25, 0.3) is 0 Å². The van der Waals surface area contributed by atoms with Crippen LogP contribution < -0.4 is 11.1 Å². The van der Waals surface area contributed by atoms with E-state index >= 15 is 0 Å². The van der Waals surface area contributed by atoms with Crippen molar-refractivity contribution < 1.29 is 9.90 Å². The van der Waals surface area contributed by atoms with Crippen molar-refractivity contribution in [2.75, 3.05) is 12.3 Å². The summed E-state index contributed by atoms with van der Waals surface area (Å²) in [6, 6.07) is 4.47. The minimum atomic E-state index is -0.195. The highest BCUT2D eigenvalue weighted by Gasteiger charge is 2.07. The van der Waals surface area contributed by atoms with E-state index in [1.54, 1.807) is 6.07 Å². The van der Waals surface area contributed by atoms with Crippen LogP contribution in [0.3, 0.4) is 0 Å². The third kappa shape index (κ3) is 3.16. The molecule has 82 valence electrons. The molecule has 0 fully saturated rings. The van der Waals surface area contributed by atoms with E-state index in [1.807, 2.05) is 13.8 Å². The van der Waals surface area contributed by atoms with Crippen LogP contribution in [0, 0.1) is 5.92 Å². The average Bonchev–Trinajstić information content (AvgIpc) is 2.18. The smallest absolute Gasteiger partial charge is 0.251 e. The summed E-state index contributed by atoms with van der Waals surface area (Å²) in [5.41, 5.74) is 6.12. The number of nitrogen functional groups attached to an aromatic ring is 1. The van der Waals surface area contributed by atoms with Crippen molar-refractivity contribution in [3.05, 3.63) is 23.8 Å². The Kier molecular flexibility index (Phi) is 3.55. The molecule has 0 aromatic heterocycles. The van der Waals surface area contributed by atoms with Gasteiger partial charge in [0, 0.05) is 12.1 Å². The number of aromatic hydroxyl groups is 1. The van der Waals surface area contributed by atoms with Gasteiger partial charge < -0.3 is 16.2 Å². The van der Waals surface area contributed by atoms with Crippen molar-refractivity contribution in [3.63, 3.8) is 0 Å². The molecule has 1 amide bonds. The number of rotatable bonds is 3. The van der Waals surface area contributed by atoms with Gasteiger partial charge in [-0.1, -0.05) is 13.8 Å². The Labute approximate surface area is 89.1 Å². The van der Waals surface area contributed by atoms with Crippen molar-refractivity contribution in [2.45, 2.75) is 13.8 Å². The molecule has 0 spiro atoms. The topological polar surface area (TPSA) is 75.4 Å². The molecule has 4 heteroatoms. The second-order valence-corrected chi connectivity index (χ2v) is 3.88. The van der Waals surface area contributed by atoms with E-state index in [9.17, 15) is 9.90 Å². The summed E-state index contributed by atoms with van der Waals surface area (Å²) in [6.45, 7) is 4.64. The second-order valence-electron chi connectivity index (χ2n) is 3.88. The number of hydrogen-bond acceptors (Lipinski definition) is 3. The van der Waals surface area contributed by atoms with Crippen LogP contribution in [0.5, 0.6) is 5.75 Å². The number of hydrogen-bond donors (Lipinski definition) is 3. The van der Waals surface area contributed by atoms with Gasteiger partial charge in [-0.3, -0.25) is 4.79 Å². The minimum absolute atomic E-state index is 0.0628. The zero-order valence-corrected chi connectivity index (χ0v) is 8.95. The number of anilines is 1. The standard InChI is InChI=1S/C11H16N2O2/c1-7(2)6-13-11(15)8-3-4-9(12)10(14)5-8/h3-5,7,14H,6,12H2,1-2H3,(H,13,15). The lowest BCUT2D eigenvalue weighted by Crippen LogP contribution is -2.27. The first-order valence-electron chi connectivity index (χ1n) is 4.87. The third-order valence-corrected chi connectivity index (χ3v) is 1.96. The van der Waals surface area contributed by atoms with Gasteiger partial charge in [-0.15, -0.1) is 0 Å². The van der Waals surface area contributed by atoms with E-state index in [4.69, 9.17) is 5.73 Å². The Balaban J connectivity index is 2.70. The lowest BCUT2D eigenvalue weighted by Gasteiger charge is -2.08. The van der Waals surface area contributed by atoms with Crippen LogP contribution in [0.2, 0.25) is 0 Å². The number of phenolic OH excluding ortho intramolecular Hbond substituents is 1. The number of nitrogens with one attached hydrogen (secondary N) is 1. The summed E-state index contributed by atoms with van der Waals surface area (Å²) in [5, 5.41) is 12.1. The average molecular weight is 208 g/mol. The molecule has 0 atom stereocenters. The summed E-state index contributed by atoms with van der Waals surface area (Å²) < 4.78 is 0. The van der Waals surface area contributed by atoms with Crippen LogP contribution >= 0.6 is 0 Å². The molecule has 0 bridgehead atoms. The molecular formula is C11H16N2O2. The SMILES string of the molecule is CC(C)CNC(=O)c1ccc(N)c(O)c1. The zero-order valence-electron chi connectivity index (χ0n) is 8.95. The molecule has 0 radical (unpaired) electrons. The first-order valence-corrected chi connectivity index (χ1v) is 4.87. The van der Waals surface area contributed by atoms with Gasteiger partial charge in [-0.2, -0.15) is 0 Å². The Hall–Kier alpha value is -1.71. The highest BCUT2D eigenvalue weighted by Crippen LogP contribution is 2.20. The zero-order chi connectivity index (χ0) is 11.4. The molecule has 0 aliphatic carbocycles. The molecule has 0 heterocycles. The molecule has 0 saturated carbocycles. The fraction of sp³-hybridized carbons (Fsp3) is 0.364. The van der Waals surface area contributed by atoms with Gasteiger partial charge in [0.25, 0.3) is 5.91 Å². The molecule has 0 unspecified atom stereocenters. The Morgan fingerprint density at radius 2 is 2.20 bits per heavy atom. The largest absolute Gasteiger partial charge is 0.506 e. The van der Waals surface area contributed by atoms with Crippen molar-refractivity contribution in [1.29, 1.82) is 0 Å². The Morgan fingerprint density at radius 3 is 2.73 bits per heavy atom. The Bertz CT molecular complexity index is 362. The van der Waals surface area contributed by atoms with Crippen LogP contribution in [-0.2, 0) is 0 Å². The number of phenols is 1. The van der Waals surface area contributed by atoms with Crippen molar-refractivity contribution in [1.82, 2.24) is 5.32 Å². The molecule has 0 saturated heterocycles. The van der Waals surface area contributed by atoms with Crippen LogP contribution in [0.4, 0.5) is 5.69 Å². The van der Waals surface area contributed by atoms with E-state index in [2.05, 4.69) is 5.32 Å². The van der Waals surface area contributed by atoms with Gasteiger partial charge >= 0.3 is 0 Å². The molecule has 4 N–H and O–H groups in total. The molecule has 1 aromatic rings. The molecule has 0 aliphatic heterocycles. The van der Waals surface area contributed by atoms with E-state index in [-0.39, 0.29) is 17.3 Å². The van der Waals surface area contributed by atoms with Gasteiger partial charge in [0.05, 0.1) is 5.69 Å². The van der Waals surface area contributed by atoms with Crippen LogP contribution in [0.15, 0.2) is 18.2 Å². The summed E-state index contributed by atoms with van der Waals surface area (Å²) >= 11 is 0. The quantitative estimate of drug-likeness (QED) is 0.518. The fourth-order valence-electron chi connectivity index (χ4n) is 1.08. The Morgan fingerprint density at radius 1 is 1.53 bits per heavy atom. The number of carbonyl (C=O) groups excluding carboxylic acids is 1. The monoisotopic (exact) mass is 208 g/mol. The van der Waals surface area contributed by atoms with E-state index in [0.717, 1.165) is 0 Å². The summed E-state index contributed by atoms with van der Waals surface area (Å²) in [6.07, 6.45) is 0. The maximum absolute atomic E-state index is 11.5. The van der Waals surface area contributed by atoms with Crippen LogP contribution in [0.1, 0.15) is 24.2 Å². The number of benzene rings is 1. The minimum Gasteiger partial charge on any atom is -0.506 e. The summed E-state index contributed by atoms with van der Waals surface area (Å²) in [5.74, 6) is 0.141. The van der Waals surface area contributed by atoms with E-state index in [0.29, 0.717) is 18.0 Å². The summed E-state index contributed by atoms with van der Waals surface area (Å²) in [4.78, 5) is 11.5. The number of nitrogens with two attached hydrogens (primary N) is 1. The lowest BCUT2D eigenvalue weighted by molar-refractivity contribution is 0.0948. The maximum Gasteiger partial charge on any atom is 0.251 e. The van der Waals surface area contributed by atoms with Gasteiger partial charge in [-0.25, -0.2) is 0 Å². The van der Waals surface area contributed by atoms with Crippen molar-refractivity contribution in [3.8, 4) is 5.75 Å².